The number of likely N-dealkylation sites (tertiary alicyclic amines) is 1. The average molecular weight is 528 g/mol. The highest BCUT2D eigenvalue weighted by Gasteiger charge is 2.80. The number of nitrogens with one attached hydrogen (secondary N) is 2. The monoisotopic (exact) mass is 527 g/mol. The van der Waals surface area contributed by atoms with E-state index in [-0.39, 0.29) is 36.2 Å². The van der Waals surface area contributed by atoms with Crippen LogP contribution < -0.4 is 10.6 Å². The summed E-state index contributed by atoms with van der Waals surface area (Å²) in [5, 5.41) is 16.5. The fourth-order valence-electron chi connectivity index (χ4n) is 7.17. The summed E-state index contributed by atoms with van der Waals surface area (Å²) in [6.07, 6.45) is 3.97. The lowest BCUT2D eigenvalue weighted by atomic mass is 9.62. The summed E-state index contributed by atoms with van der Waals surface area (Å²) in [5.74, 6) is -2.03. The number of aliphatic hydroxyl groups excluding tert-OH is 1. The van der Waals surface area contributed by atoms with E-state index in [1.165, 1.54) is 0 Å². The molecule has 2 bridgehead atoms. The first-order valence-corrected chi connectivity index (χ1v) is 14.3. The molecule has 3 amide bonds. The normalized spacial score (nSPS) is 32.5. The number of ether oxygens (including phenoxy) is 1. The Hall–Kier alpha value is -2.45. The van der Waals surface area contributed by atoms with Gasteiger partial charge < -0.3 is 25.4 Å². The zero-order valence-corrected chi connectivity index (χ0v) is 23.5. The van der Waals surface area contributed by atoms with Crippen molar-refractivity contribution in [1.82, 2.24) is 15.5 Å². The molecule has 3 saturated heterocycles. The van der Waals surface area contributed by atoms with Crippen molar-refractivity contribution in [2.45, 2.75) is 96.6 Å². The van der Waals surface area contributed by atoms with Gasteiger partial charge in [-0.3, -0.25) is 14.4 Å². The molecule has 1 spiro atoms. The van der Waals surface area contributed by atoms with E-state index in [9.17, 15) is 19.5 Å². The highest BCUT2D eigenvalue weighted by molar-refractivity contribution is 5.99. The van der Waals surface area contributed by atoms with E-state index in [4.69, 9.17) is 4.74 Å². The van der Waals surface area contributed by atoms with E-state index in [0.717, 1.165) is 24.8 Å². The summed E-state index contributed by atoms with van der Waals surface area (Å²) in [6.45, 7) is 10.8. The van der Waals surface area contributed by atoms with Gasteiger partial charge in [0.2, 0.25) is 17.7 Å². The number of hydrogen-bond acceptors (Lipinski definition) is 5. The molecule has 4 rings (SSSR count). The molecule has 3 heterocycles. The molecular formula is C30H45N3O5. The number of unbranched alkanes of at least 4 members (excludes halogenated alkanes) is 2. The fourth-order valence-corrected chi connectivity index (χ4v) is 7.17. The fraction of sp³-hybridized carbons (Fsp3) is 0.700. The molecule has 8 nitrogen and oxygen atoms in total. The van der Waals surface area contributed by atoms with Gasteiger partial charge in [0.05, 0.1) is 30.1 Å². The molecular weight excluding hydrogens is 482 g/mol. The number of amides is 3. The molecule has 3 fully saturated rings. The molecule has 7 atom stereocenters. The Morgan fingerprint density at radius 3 is 2.50 bits per heavy atom. The van der Waals surface area contributed by atoms with E-state index < -0.39 is 35.1 Å². The highest BCUT2D eigenvalue weighted by Crippen LogP contribution is 2.65. The van der Waals surface area contributed by atoms with E-state index in [0.29, 0.717) is 25.9 Å². The molecule has 3 unspecified atom stereocenters. The zero-order chi connectivity index (χ0) is 27.7. The molecule has 1 aromatic rings. The second-order valence-electron chi connectivity index (χ2n) is 12.1. The molecule has 0 radical (unpaired) electrons. The standard InChI is InChI=1S/C30H45N3O5/c1-6-7-11-14-31-27(36)25-30-16-20(4)29(5,38-30)23(26(35)32-17-21-12-9-8-10-13-21)24(30)28(37)33(25)22(18-34)15-19(2)3/h8-10,12-13,19-20,22-25,34H,6-7,11,14-18H2,1-5H3,(H,31,36)(H,32,35)/t20?,22-,23-,24+,25?,29+,30?/m1/s1. The smallest absolute Gasteiger partial charge is 0.245 e. The second kappa shape index (κ2) is 11.3. The van der Waals surface area contributed by atoms with Crippen LogP contribution in [-0.2, 0) is 25.7 Å². The Bertz CT molecular complexity index is 1020. The number of benzene rings is 1. The van der Waals surface area contributed by atoms with Gasteiger partial charge in [-0.15, -0.1) is 0 Å². The number of rotatable bonds is 12. The Morgan fingerprint density at radius 2 is 1.87 bits per heavy atom. The quantitative estimate of drug-likeness (QED) is 0.362. The first-order chi connectivity index (χ1) is 18.1. The minimum atomic E-state index is -1.10. The number of fused-ring (bicyclic) bond motifs is 1. The van der Waals surface area contributed by atoms with Crippen molar-refractivity contribution < 1.29 is 24.2 Å². The van der Waals surface area contributed by atoms with Crippen LogP contribution in [0.1, 0.15) is 72.3 Å². The maximum atomic E-state index is 14.3. The molecule has 210 valence electrons. The molecule has 0 aromatic heterocycles. The molecule has 38 heavy (non-hydrogen) atoms. The predicted octanol–water partition coefficient (Wildman–Crippen LogP) is 3.03. The first-order valence-electron chi connectivity index (χ1n) is 14.3. The number of aliphatic hydroxyl groups is 1. The summed E-state index contributed by atoms with van der Waals surface area (Å²) in [5.41, 5.74) is -0.987. The third-order valence-electron chi connectivity index (χ3n) is 9.02. The molecule has 3 aliphatic rings. The summed E-state index contributed by atoms with van der Waals surface area (Å²) in [4.78, 5) is 43.4. The number of carbonyl (C=O) groups is 3. The van der Waals surface area contributed by atoms with Crippen molar-refractivity contribution in [3.8, 4) is 0 Å². The number of nitrogens with zero attached hydrogens (tertiary/aromatic N) is 1. The molecule has 8 heteroatoms. The van der Waals surface area contributed by atoms with E-state index in [1.807, 2.05) is 58.0 Å². The van der Waals surface area contributed by atoms with Gasteiger partial charge in [-0.2, -0.15) is 0 Å². The van der Waals surface area contributed by atoms with Gasteiger partial charge in [0.25, 0.3) is 0 Å². The van der Waals surface area contributed by atoms with Gasteiger partial charge in [-0.1, -0.05) is 70.9 Å². The molecule has 3 aliphatic heterocycles. The highest BCUT2D eigenvalue weighted by atomic mass is 16.5. The predicted molar refractivity (Wildman–Crippen MR) is 145 cm³/mol. The van der Waals surface area contributed by atoms with Gasteiger partial charge in [0, 0.05) is 13.1 Å². The second-order valence-corrected chi connectivity index (χ2v) is 12.1. The van der Waals surface area contributed by atoms with Crippen LogP contribution in [0.4, 0.5) is 0 Å². The minimum Gasteiger partial charge on any atom is -0.394 e. The van der Waals surface area contributed by atoms with Crippen molar-refractivity contribution in [3.05, 3.63) is 35.9 Å². The molecule has 0 saturated carbocycles. The summed E-state index contributed by atoms with van der Waals surface area (Å²) in [6, 6.07) is 8.26. The topological polar surface area (TPSA) is 108 Å². The minimum absolute atomic E-state index is 0.0213. The van der Waals surface area contributed by atoms with Gasteiger partial charge in [-0.05, 0) is 43.6 Å². The van der Waals surface area contributed by atoms with Gasteiger partial charge in [-0.25, -0.2) is 0 Å². The lowest BCUT2D eigenvalue weighted by molar-refractivity contribution is -0.151. The van der Waals surface area contributed by atoms with Crippen molar-refractivity contribution in [2.24, 2.45) is 23.7 Å². The Morgan fingerprint density at radius 1 is 1.16 bits per heavy atom. The third kappa shape index (κ3) is 4.86. The van der Waals surface area contributed by atoms with Crippen molar-refractivity contribution in [3.63, 3.8) is 0 Å². The zero-order valence-electron chi connectivity index (χ0n) is 23.5. The van der Waals surface area contributed by atoms with Gasteiger partial charge >= 0.3 is 0 Å². The van der Waals surface area contributed by atoms with Gasteiger partial charge in [0.15, 0.2) is 0 Å². The van der Waals surface area contributed by atoms with E-state index in [1.54, 1.807) is 4.90 Å². The first kappa shape index (κ1) is 28.6. The van der Waals surface area contributed by atoms with Gasteiger partial charge in [0.1, 0.15) is 11.6 Å². The average Bonchev–Trinajstić information content (AvgIpc) is 3.40. The van der Waals surface area contributed by atoms with Crippen LogP contribution >= 0.6 is 0 Å². The SMILES string of the molecule is CCCCCNC(=O)C1N([C@@H](CO)CC(C)C)C(=O)[C@@H]2[C@H](C(=O)NCc3ccccc3)[C@@]3(C)OC12CC3C. The van der Waals surface area contributed by atoms with Crippen molar-refractivity contribution in [2.75, 3.05) is 13.2 Å². The maximum absolute atomic E-state index is 14.3. The number of hydrogen-bond donors (Lipinski definition) is 3. The van der Waals surface area contributed by atoms with Crippen molar-refractivity contribution in [1.29, 1.82) is 0 Å². The third-order valence-corrected chi connectivity index (χ3v) is 9.02. The van der Waals surface area contributed by atoms with Crippen LogP contribution in [-0.4, -0.2) is 64.2 Å². The van der Waals surface area contributed by atoms with Crippen LogP contribution in [0, 0.1) is 23.7 Å². The Balaban J connectivity index is 1.68. The molecule has 0 aliphatic carbocycles. The largest absolute Gasteiger partial charge is 0.394 e. The van der Waals surface area contributed by atoms with Crippen LogP contribution in [0.5, 0.6) is 0 Å². The maximum Gasteiger partial charge on any atom is 0.245 e. The summed E-state index contributed by atoms with van der Waals surface area (Å²) >= 11 is 0. The van der Waals surface area contributed by atoms with E-state index >= 15 is 0 Å². The molecule has 1 aromatic carbocycles. The van der Waals surface area contributed by atoms with Crippen molar-refractivity contribution >= 4 is 17.7 Å². The lowest BCUT2D eigenvalue weighted by Gasteiger charge is -2.37. The van der Waals surface area contributed by atoms with Crippen LogP contribution in [0.2, 0.25) is 0 Å². The van der Waals surface area contributed by atoms with Crippen LogP contribution in [0.15, 0.2) is 30.3 Å². The summed E-state index contributed by atoms with van der Waals surface area (Å²) in [7, 11) is 0. The Labute approximate surface area is 226 Å². The molecule has 3 N–H and O–H groups in total. The number of carbonyl (C=O) groups excluding carboxylic acids is 3. The van der Waals surface area contributed by atoms with E-state index in [2.05, 4.69) is 17.6 Å². The van der Waals surface area contributed by atoms with Crippen LogP contribution in [0.25, 0.3) is 0 Å². The lowest BCUT2D eigenvalue weighted by Crippen LogP contribution is -2.58. The Kier molecular flexibility index (Phi) is 8.52. The summed E-state index contributed by atoms with van der Waals surface area (Å²) < 4.78 is 6.77. The van der Waals surface area contributed by atoms with Crippen LogP contribution in [0.3, 0.4) is 0 Å².